The van der Waals surface area contributed by atoms with Gasteiger partial charge in [-0.1, -0.05) is 127 Å². The number of allylic oxidation sites excluding steroid dienone is 1. The third-order valence-corrected chi connectivity index (χ3v) is 8.32. The summed E-state index contributed by atoms with van der Waals surface area (Å²) in [4.78, 5) is 9.78. The van der Waals surface area contributed by atoms with Gasteiger partial charge < -0.3 is 5.32 Å². The minimum Gasteiger partial charge on any atom is -0.354 e. The summed E-state index contributed by atoms with van der Waals surface area (Å²) in [6.07, 6.45) is 4.02. The van der Waals surface area contributed by atoms with Gasteiger partial charge >= 0.3 is 0 Å². The van der Waals surface area contributed by atoms with Gasteiger partial charge in [-0.25, -0.2) is 4.98 Å². The maximum Gasteiger partial charge on any atom is 0.0972 e. The van der Waals surface area contributed by atoms with E-state index in [2.05, 4.69) is 101 Å². The number of nitrogens with zero attached hydrogens (tertiary/aromatic N) is 2. The molecule has 2 aromatic heterocycles. The molecule has 0 atom stereocenters. The van der Waals surface area contributed by atoms with E-state index in [9.17, 15) is 5.41 Å². The van der Waals surface area contributed by atoms with Crippen LogP contribution in [0.15, 0.2) is 152 Å². The Morgan fingerprint density at radius 1 is 0.578 bits per heavy atom. The lowest BCUT2D eigenvalue weighted by atomic mass is 9.87. The lowest BCUT2D eigenvalue weighted by Crippen LogP contribution is -2.20. The van der Waals surface area contributed by atoms with Gasteiger partial charge in [-0.3, -0.25) is 10.4 Å². The van der Waals surface area contributed by atoms with Crippen LogP contribution in [0, 0.1) is 5.41 Å². The van der Waals surface area contributed by atoms with Crippen LogP contribution in [0.4, 0.5) is 0 Å². The van der Waals surface area contributed by atoms with Gasteiger partial charge in [0.1, 0.15) is 0 Å². The van der Waals surface area contributed by atoms with E-state index >= 15 is 0 Å². The fourth-order valence-electron chi connectivity index (χ4n) is 6.09. The highest BCUT2D eigenvalue weighted by atomic mass is 14.9. The zero-order chi connectivity index (χ0) is 30.2. The first-order valence-corrected chi connectivity index (χ1v) is 15.0. The molecule has 8 rings (SSSR count). The van der Waals surface area contributed by atoms with Crippen LogP contribution >= 0.6 is 0 Å². The van der Waals surface area contributed by atoms with Crippen LogP contribution in [0.25, 0.3) is 56.1 Å². The van der Waals surface area contributed by atoms with Crippen LogP contribution in [-0.4, -0.2) is 15.7 Å². The summed E-state index contributed by atoms with van der Waals surface area (Å²) < 4.78 is 0. The molecule has 0 saturated carbocycles. The van der Waals surface area contributed by atoms with Gasteiger partial charge in [0.15, 0.2) is 0 Å². The number of hydrogen-bond acceptors (Lipinski definition) is 4. The highest BCUT2D eigenvalue weighted by Gasteiger charge is 2.24. The Balaban J connectivity index is 1.35. The van der Waals surface area contributed by atoms with Gasteiger partial charge in [0.25, 0.3) is 0 Å². The SMILES string of the molecule is N=C(/C(=C1\NC(c2ccccc2)=Cc2cc(-c3ccc4ccc5cccnc5c4n3)ccc21)c1ccccc1)c1ccccc1. The molecule has 0 spiro atoms. The van der Waals surface area contributed by atoms with Gasteiger partial charge in [-0.2, -0.15) is 0 Å². The molecule has 212 valence electrons. The van der Waals surface area contributed by atoms with Gasteiger partial charge in [-0.05, 0) is 41.0 Å². The predicted molar refractivity (Wildman–Crippen MR) is 186 cm³/mol. The van der Waals surface area contributed by atoms with E-state index < -0.39 is 0 Å². The number of fused-ring (bicyclic) bond motifs is 4. The number of benzene rings is 5. The Morgan fingerprint density at radius 2 is 1.24 bits per heavy atom. The third-order valence-electron chi connectivity index (χ3n) is 8.32. The largest absolute Gasteiger partial charge is 0.354 e. The molecule has 0 saturated heterocycles. The Labute approximate surface area is 261 Å². The molecule has 0 radical (unpaired) electrons. The molecule has 1 aliphatic heterocycles. The summed E-state index contributed by atoms with van der Waals surface area (Å²) in [6.45, 7) is 0. The second-order valence-corrected chi connectivity index (χ2v) is 11.1. The molecule has 0 aliphatic carbocycles. The van der Waals surface area contributed by atoms with E-state index in [0.29, 0.717) is 5.71 Å². The van der Waals surface area contributed by atoms with Crippen molar-refractivity contribution < 1.29 is 0 Å². The molecular formula is C41H28N4. The number of nitrogens with one attached hydrogen (secondary N) is 2. The van der Waals surface area contributed by atoms with Crippen LogP contribution in [0.3, 0.4) is 0 Å². The van der Waals surface area contributed by atoms with Crippen molar-refractivity contribution in [2.24, 2.45) is 0 Å². The number of hydrogen-bond donors (Lipinski definition) is 2. The zero-order valence-corrected chi connectivity index (χ0v) is 24.4. The predicted octanol–water partition coefficient (Wildman–Crippen LogP) is 9.49. The standard InChI is InChI=1S/C41H28N4/c42-38(29-15-8-3-9-16-29)37(28-13-6-2-7-14-28)41-34-22-20-32(25-33(34)26-36(45-41)27-11-4-1-5-12-27)35-23-21-31-19-18-30-17-10-24-43-39(30)40(31)44-35/h1-26,42,45H/b41-37-,42-38?. The normalized spacial score (nSPS) is 13.6. The molecule has 4 heteroatoms. The smallest absolute Gasteiger partial charge is 0.0972 e. The first-order valence-electron chi connectivity index (χ1n) is 15.0. The molecule has 0 fully saturated rings. The van der Waals surface area contributed by atoms with Gasteiger partial charge in [0.05, 0.1) is 28.1 Å². The number of rotatable bonds is 5. The molecule has 5 aromatic carbocycles. The highest BCUT2D eigenvalue weighted by molar-refractivity contribution is 6.36. The molecular weight excluding hydrogens is 548 g/mol. The fourth-order valence-corrected chi connectivity index (χ4v) is 6.09. The van der Waals surface area contributed by atoms with E-state index in [1.165, 1.54) is 0 Å². The molecule has 4 nitrogen and oxygen atoms in total. The average molecular weight is 577 g/mol. The van der Waals surface area contributed by atoms with Crippen LogP contribution in [0.2, 0.25) is 0 Å². The second kappa shape index (κ2) is 11.2. The lowest BCUT2D eigenvalue weighted by molar-refractivity contribution is 1.22. The molecule has 2 N–H and O–H groups in total. The van der Waals surface area contributed by atoms with E-state index in [0.717, 1.165) is 77.8 Å². The zero-order valence-electron chi connectivity index (χ0n) is 24.4. The number of pyridine rings is 2. The lowest BCUT2D eigenvalue weighted by Gasteiger charge is -2.26. The minimum absolute atomic E-state index is 0.462. The van der Waals surface area contributed by atoms with Gasteiger partial charge in [0, 0.05) is 44.9 Å². The van der Waals surface area contributed by atoms with E-state index in [4.69, 9.17) is 4.98 Å². The van der Waals surface area contributed by atoms with Crippen LogP contribution in [0.1, 0.15) is 27.8 Å². The molecule has 0 unspecified atom stereocenters. The average Bonchev–Trinajstić information content (AvgIpc) is 3.12. The Kier molecular flexibility index (Phi) is 6.58. The van der Waals surface area contributed by atoms with Crippen LogP contribution < -0.4 is 5.32 Å². The quantitative estimate of drug-likeness (QED) is 0.158. The summed E-state index contributed by atoms with van der Waals surface area (Å²) in [7, 11) is 0. The second-order valence-electron chi connectivity index (χ2n) is 11.1. The fraction of sp³-hybridized carbons (Fsp3) is 0. The maximum absolute atomic E-state index is 9.46. The Hall–Kier alpha value is -6.13. The van der Waals surface area contributed by atoms with Crippen molar-refractivity contribution >= 4 is 50.6 Å². The van der Waals surface area contributed by atoms with Crippen molar-refractivity contribution in [2.45, 2.75) is 0 Å². The Morgan fingerprint density at radius 3 is 2.00 bits per heavy atom. The van der Waals surface area contributed by atoms with Crippen molar-refractivity contribution in [3.8, 4) is 11.3 Å². The van der Waals surface area contributed by atoms with E-state index in [1.54, 1.807) is 0 Å². The molecule has 1 aliphatic rings. The Bertz CT molecular complexity index is 2290. The van der Waals surface area contributed by atoms with Crippen LogP contribution in [-0.2, 0) is 0 Å². The first-order chi connectivity index (χ1) is 22.2. The topological polar surface area (TPSA) is 61.7 Å². The van der Waals surface area contributed by atoms with Gasteiger partial charge in [-0.15, -0.1) is 0 Å². The van der Waals surface area contributed by atoms with Crippen molar-refractivity contribution in [3.05, 3.63) is 180 Å². The monoisotopic (exact) mass is 576 g/mol. The molecule has 0 amide bonds. The van der Waals surface area contributed by atoms with Crippen molar-refractivity contribution in [1.82, 2.24) is 15.3 Å². The summed E-state index contributed by atoms with van der Waals surface area (Å²) in [5.41, 5.74) is 11.9. The molecule has 7 aromatic rings. The van der Waals surface area contributed by atoms with Crippen molar-refractivity contribution in [1.29, 1.82) is 5.41 Å². The minimum atomic E-state index is 0.462. The van der Waals surface area contributed by atoms with Crippen molar-refractivity contribution in [2.75, 3.05) is 0 Å². The van der Waals surface area contributed by atoms with Crippen LogP contribution in [0.5, 0.6) is 0 Å². The van der Waals surface area contributed by atoms with E-state index in [-0.39, 0.29) is 0 Å². The first kappa shape index (κ1) is 26.5. The molecule has 45 heavy (non-hydrogen) atoms. The van der Waals surface area contributed by atoms with Gasteiger partial charge in [0.2, 0.25) is 0 Å². The molecule has 3 heterocycles. The van der Waals surface area contributed by atoms with Crippen molar-refractivity contribution in [3.63, 3.8) is 0 Å². The summed E-state index contributed by atoms with van der Waals surface area (Å²) in [5.74, 6) is 0. The molecule has 0 bridgehead atoms. The van der Waals surface area contributed by atoms with E-state index in [1.807, 2.05) is 66.9 Å². The third kappa shape index (κ3) is 4.89. The highest BCUT2D eigenvalue weighted by Crippen LogP contribution is 2.38. The number of aromatic nitrogens is 2. The summed E-state index contributed by atoms with van der Waals surface area (Å²) >= 11 is 0. The summed E-state index contributed by atoms with van der Waals surface area (Å²) in [5, 5.41) is 15.4. The maximum atomic E-state index is 9.46. The summed E-state index contributed by atoms with van der Waals surface area (Å²) in [6, 6.07) is 49.4.